The zero-order valence-corrected chi connectivity index (χ0v) is 11.6. The topological polar surface area (TPSA) is 74.7 Å². The fourth-order valence-electron chi connectivity index (χ4n) is 2.64. The largest absolute Gasteiger partial charge is 0.409 e. The third kappa shape index (κ3) is 3.16. The van der Waals surface area contributed by atoms with Gasteiger partial charge < -0.3 is 15.8 Å². The van der Waals surface area contributed by atoms with Gasteiger partial charge in [-0.15, -0.1) is 0 Å². The van der Waals surface area contributed by atoms with E-state index in [0.29, 0.717) is 11.7 Å². The molecule has 2 rings (SSSR count). The van der Waals surface area contributed by atoms with Crippen LogP contribution in [0.15, 0.2) is 23.5 Å². The van der Waals surface area contributed by atoms with Crippen LogP contribution in [0.1, 0.15) is 38.3 Å². The molecular formula is C14H22N4O. The first-order valence-electron chi connectivity index (χ1n) is 6.78. The van der Waals surface area contributed by atoms with Gasteiger partial charge in [0.05, 0.1) is 11.9 Å². The zero-order valence-electron chi connectivity index (χ0n) is 11.6. The summed E-state index contributed by atoms with van der Waals surface area (Å²) in [5, 5.41) is 11.6. The molecule has 104 valence electrons. The van der Waals surface area contributed by atoms with Crippen LogP contribution in [0, 0.1) is 5.92 Å². The number of hydrogen-bond donors (Lipinski definition) is 2. The Morgan fingerprint density at radius 2 is 2.05 bits per heavy atom. The molecule has 1 aliphatic carbocycles. The average molecular weight is 262 g/mol. The van der Waals surface area contributed by atoms with Gasteiger partial charge in [-0.25, -0.2) is 0 Å². The van der Waals surface area contributed by atoms with Gasteiger partial charge in [-0.1, -0.05) is 12.1 Å². The molecule has 0 bridgehead atoms. The molecule has 5 heteroatoms. The van der Waals surface area contributed by atoms with Crippen molar-refractivity contribution in [1.29, 1.82) is 0 Å². The minimum absolute atomic E-state index is 0.0423. The van der Waals surface area contributed by atoms with E-state index in [9.17, 15) is 0 Å². The van der Waals surface area contributed by atoms with Crippen LogP contribution in [-0.2, 0) is 0 Å². The number of hydrogen-bond acceptors (Lipinski definition) is 4. The van der Waals surface area contributed by atoms with E-state index in [4.69, 9.17) is 10.9 Å². The molecule has 0 aromatic carbocycles. The average Bonchev–Trinajstić information content (AvgIpc) is 2.46. The number of nitrogens with zero attached hydrogens (tertiary/aromatic N) is 3. The minimum atomic E-state index is 0.0423. The van der Waals surface area contributed by atoms with E-state index in [-0.39, 0.29) is 5.84 Å². The highest BCUT2D eigenvalue weighted by Crippen LogP contribution is 2.28. The van der Waals surface area contributed by atoms with Crippen LogP contribution < -0.4 is 10.6 Å². The summed E-state index contributed by atoms with van der Waals surface area (Å²) in [5.74, 6) is 0.895. The summed E-state index contributed by atoms with van der Waals surface area (Å²) in [7, 11) is 2.11. The van der Waals surface area contributed by atoms with Gasteiger partial charge in [-0.05, 0) is 43.7 Å². The number of pyridine rings is 1. The van der Waals surface area contributed by atoms with Crippen molar-refractivity contribution in [3.05, 3.63) is 24.0 Å². The van der Waals surface area contributed by atoms with Crippen molar-refractivity contribution in [2.45, 2.75) is 38.6 Å². The Bertz CT molecular complexity index is 435. The molecular weight excluding hydrogens is 240 g/mol. The lowest BCUT2D eigenvalue weighted by atomic mass is 9.86. The first kappa shape index (κ1) is 13.6. The van der Waals surface area contributed by atoms with Gasteiger partial charge in [0, 0.05) is 13.1 Å². The number of rotatable bonds is 3. The highest BCUT2D eigenvalue weighted by Gasteiger charge is 2.22. The minimum Gasteiger partial charge on any atom is -0.409 e. The van der Waals surface area contributed by atoms with Crippen LogP contribution in [-0.4, -0.2) is 29.1 Å². The highest BCUT2D eigenvalue weighted by atomic mass is 16.4. The first-order valence-corrected chi connectivity index (χ1v) is 6.78. The van der Waals surface area contributed by atoms with Gasteiger partial charge in [0.15, 0.2) is 5.84 Å². The van der Waals surface area contributed by atoms with Crippen molar-refractivity contribution in [3.63, 3.8) is 0 Å². The van der Waals surface area contributed by atoms with Gasteiger partial charge in [0.1, 0.15) is 5.69 Å². The monoisotopic (exact) mass is 262 g/mol. The molecule has 1 aromatic rings. The van der Waals surface area contributed by atoms with Crippen molar-refractivity contribution >= 4 is 11.5 Å². The molecule has 1 fully saturated rings. The third-order valence-electron chi connectivity index (χ3n) is 4.06. The van der Waals surface area contributed by atoms with Gasteiger partial charge in [0.25, 0.3) is 0 Å². The smallest absolute Gasteiger partial charge is 0.188 e. The van der Waals surface area contributed by atoms with E-state index in [1.807, 2.05) is 6.07 Å². The number of nitrogens with two attached hydrogens (primary N) is 1. The third-order valence-corrected chi connectivity index (χ3v) is 4.06. The highest BCUT2D eigenvalue weighted by molar-refractivity contribution is 5.95. The van der Waals surface area contributed by atoms with E-state index in [1.165, 1.54) is 25.7 Å². The second-order valence-electron chi connectivity index (χ2n) is 5.41. The lowest BCUT2D eigenvalue weighted by Crippen LogP contribution is -2.34. The summed E-state index contributed by atoms with van der Waals surface area (Å²) in [5.41, 5.74) is 7.08. The van der Waals surface area contributed by atoms with Crippen LogP contribution in [0.5, 0.6) is 0 Å². The van der Waals surface area contributed by atoms with Crippen molar-refractivity contribution in [1.82, 2.24) is 4.98 Å². The summed E-state index contributed by atoms with van der Waals surface area (Å²) in [6, 6.07) is 4.35. The molecule has 1 saturated carbocycles. The van der Waals surface area contributed by atoms with Gasteiger partial charge >= 0.3 is 0 Å². The molecule has 1 aliphatic rings. The standard InChI is InChI=1S/C14H22N4O/c1-10-3-5-11(6-4-10)18(2)12-7-8-13(16-9-12)14(15)17-19/h7-11,19H,3-6H2,1-2H3,(H2,15,17). The van der Waals surface area contributed by atoms with Gasteiger partial charge in [-0.2, -0.15) is 0 Å². The summed E-state index contributed by atoms with van der Waals surface area (Å²) in [4.78, 5) is 6.51. The molecule has 1 aromatic heterocycles. The fourth-order valence-corrected chi connectivity index (χ4v) is 2.64. The van der Waals surface area contributed by atoms with E-state index in [2.05, 4.69) is 29.0 Å². The van der Waals surface area contributed by atoms with Crippen molar-refractivity contribution in [2.24, 2.45) is 16.8 Å². The van der Waals surface area contributed by atoms with Gasteiger partial charge in [-0.3, -0.25) is 4.98 Å². The SMILES string of the molecule is CC1CCC(N(C)c2ccc(/C(N)=N/O)nc2)CC1. The van der Waals surface area contributed by atoms with E-state index >= 15 is 0 Å². The van der Waals surface area contributed by atoms with Crippen LogP contribution >= 0.6 is 0 Å². The Morgan fingerprint density at radius 1 is 1.37 bits per heavy atom. The van der Waals surface area contributed by atoms with E-state index < -0.39 is 0 Å². The Morgan fingerprint density at radius 3 is 2.58 bits per heavy atom. The molecule has 0 atom stereocenters. The summed E-state index contributed by atoms with van der Waals surface area (Å²) >= 11 is 0. The first-order chi connectivity index (χ1) is 9.11. The molecule has 0 radical (unpaired) electrons. The second kappa shape index (κ2) is 5.91. The molecule has 0 saturated heterocycles. The molecule has 0 spiro atoms. The lowest BCUT2D eigenvalue weighted by Gasteiger charge is -2.34. The number of oxime groups is 1. The fraction of sp³-hybridized carbons (Fsp3) is 0.571. The van der Waals surface area contributed by atoms with Crippen LogP contribution in [0.3, 0.4) is 0 Å². The molecule has 1 heterocycles. The molecule has 0 unspecified atom stereocenters. The summed E-state index contributed by atoms with van der Waals surface area (Å²) < 4.78 is 0. The van der Waals surface area contributed by atoms with Crippen LogP contribution in [0.25, 0.3) is 0 Å². The van der Waals surface area contributed by atoms with E-state index in [1.54, 1.807) is 12.3 Å². The Balaban J connectivity index is 2.05. The van der Waals surface area contributed by atoms with Crippen molar-refractivity contribution in [3.8, 4) is 0 Å². The Hall–Kier alpha value is -1.78. The number of aromatic nitrogens is 1. The normalized spacial score (nSPS) is 24.2. The van der Waals surface area contributed by atoms with Crippen molar-refractivity contribution in [2.75, 3.05) is 11.9 Å². The van der Waals surface area contributed by atoms with Crippen LogP contribution in [0.2, 0.25) is 0 Å². The Labute approximate surface area is 114 Å². The van der Waals surface area contributed by atoms with Crippen LogP contribution in [0.4, 0.5) is 5.69 Å². The maximum Gasteiger partial charge on any atom is 0.188 e. The Kier molecular flexibility index (Phi) is 4.24. The summed E-state index contributed by atoms with van der Waals surface area (Å²) in [6.45, 7) is 2.32. The second-order valence-corrected chi connectivity index (χ2v) is 5.41. The summed E-state index contributed by atoms with van der Waals surface area (Å²) in [6.07, 6.45) is 6.85. The number of anilines is 1. The molecule has 3 N–H and O–H groups in total. The molecule has 0 aliphatic heterocycles. The predicted molar refractivity (Wildman–Crippen MR) is 76.6 cm³/mol. The van der Waals surface area contributed by atoms with Crippen molar-refractivity contribution < 1.29 is 5.21 Å². The predicted octanol–water partition coefficient (Wildman–Crippen LogP) is 2.19. The number of amidine groups is 1. The van der Waals surface area contributed by atoms with E-state index in [0.717, 1.165) is 11.6 Å². The molecule has 19 heavy (non-hydrogen) atoms. The maximum atomic E-state index is 8.61. The molecule has 5 nitrogen and oxygen atoms in total. The zero-order chi connectivity index (χ0) is 13.8. The molecule has 0 amide bonds. The van der Waals surface area contributed by atoms with Gasteiger partial charge in [0.2, 0.25) is 0 Å². The quantitative estimate of drug-likeness (QED) is 0.379. The maximum absolute atomic E-state index is 8.61. The lowest BCUT2D eigenvalue weighted by molar-refractivity contribution is 0.318.